The summed E-state index contributed by atoms with van der Waals surface area (Å²) in [5.41, 5.74) is 2.04. The molecule has 0 atom stereocenters. The van der Waals surface area contributed by atoms with Gasteiger partial charge in [-0.15, -0.1) is 0 Å². The van der Waals surface area contributed by atoms with Gasteiger partial charge in [0.25, 0.3) is 0 Å². The summed E-state index contributed by atoms with van der Waals surface area (Å²) in [6.07, 6.45) is 3.31. The topological polar surface area (TPSA) is 28.1 Å². The lowest BCUT2D eigenvalue weighted by Gasteiger charge is -1.99. The Bertz CT molecular complexity index is 741. The average Bonchev–Trinajstić information content (AvgIpc) is 2.85. The monoisotopic (exact) mass is 272 g/mol. The maximum atomic E-state index is 13.6. The highest BCUT2D eigenvalue weighted by Crippen LogP contribution is 2.21. The van der Waals surface area contributed by atoms with Crippen LogP contribution in [0.5, 0.6) is 0 Å². The molecule has 94 valence electrons. The first-order valence-corrected chi connectivity index (χ1v) is 6.17. The van der Waals surface area contributed by atoms with E-state index in [-0.39, 0.29) is 5.82 Å². The summed E-state index contributed by atoms with van der Waals surface area (Å²) in [5, 5.41) is 1.47. The number of nitrogens with one attached hydrogen (secondary N) is 1. The molecule has 1 N–H and O–H groups in total. The molecule has 19 heavy (non-hydrogen) atoms. The van der Waals surface area contributed by atoms with E-state index in [0.717, 1.165) is 16.6 Å². The molecule has 0 spiro atoms. The van der Waals surface area contributed by atoms with Gasteiger partial charge in [-0.2, -0.15) is 0 Å². The lowest BCUT2D eigenvalue weighted by molar-refractivity contribution is 0.626. The van der Waals surface area contributed by atoms with Crippen molar-refractivity contribution in [2.45, 2.75) is 0 Å². The van der Waals surface area contributed by atoms with Crippen LogP contribution in [0.15, 0.2) is 53.7 Å². The fourth-order valence-electron chi connectivity index (χ4n) is 1.89. The van der Waals surface area contributed by atoms with Crippen molar-refractivity contribution < 1.29 is 4.39 Å². The van der Waals surface area contributed by atoms with E-state index in [4.69, 9.17) is 11.6 Å². The van der Waals surface area contributed by atoms with E-state index in [1.54, 1.807) is 12.1 Å². The van der Waals surface area contributed by atoms with E-state index in [1.807, 2.05) is 30.5 Å². The summed E-state index contributed by atoms with van der Waals surface area (Å²) in [7, 11) is 0. The number of hydrogen-bond acceptors (Lipinski definition) is 1. The van der Waals surface area contributed by atoms with Crippen molar-refractivity contribution in [2.75, 3.05) is 0 Å². The number of benzene rings is 2. The van der Waals surface area contributed by atoms with Crippen molar-refractivity contribution in [1.82, 2.24) is 4.98 Å². The van der Waals surface area contributed by atoms with Crippen LogP contribution in [-0.2, 0) is 0 Å². The third-order valence-electron chi connectivity index (χ3n) is 2.88. The second kappa shape index (κ2) is 4.86. The zero-order chi connectivity index (χ0) is 13.2. The van der Waals surface area contributed by atoms with Gasteiger partial charge in [-0.1, -0.05) is 23.7 Å². The number of halogens is 2. The van der Waals surface area contributed by atoms with Crippen LogP contribution in [0.4, 0.5) is 10.1 Å². The minimum Gasteiger partial charge on any atom is -0.361 e. The minimum absolute atomic E-state index is 0.302. The zero-order valence-corrected chi connectivity index (χ0v) is 10.7. The maximum Gasteiger partial charge on any atom is 0.133 e. The average molecular weight is 273 g/mol. The van der Waals surface area contributed by atoms with Gasteiger partial charge in [-0.25, -0.2) is 4.39 Å². The molecular formula is C15H10ClFN2. The van der Waals surface area contributed by atoms with Gasteiger partial charge in [0.15, 0.2) is 0 Å². The highest BCUT2D eigenvalue weighted by molar-refractivity contribution is 6.33. The van der Waals surface area contributed by atoms with Crippen molar-refractivity contribution in [2.24, 2.45) is 4.99 Å². The lowest BCUT2D eigenvalue weighted by atomic mass is 10.2. The van der Waals surface area contributed by atoms with E-state index in [2.05, 4.69) is 9.98 Å². The molecule has 0 aliphatic heterocycles. The Morgan fingerprint density at radius 3 is 2.89 bits per heavy atom. The number of aliphatic imine (C=N–C) groups is 1. The fourth-order valence-corrected chi connectivity index (χ4v) is 2.10. The van der Waals surface area contributed by atoms with Crippen molar-refractivity contribution >= 4 is 34.4 Å². The molecule has 3 aromatic rings. The molecule has 0 saturated heterocycles. The number of aromatic nitrogens is 1. The normalized spacial score (nSPS) is 11.5. The van der Waals surface area contributed by atoms with Crippen LogP contribution in [0.1, 0.15) is 5.56 Å². The second-order valence-corrected chi connectivity index (χ2v) is 4.55. The summed E-state index contributed by atoms with van der Waals surface area (Å²) in [5.74, 6) is -0.378. The fraction of sp³-hybridized carbons (Fsp3) is 0. The third-order valence-corrected chi connectivity index (χ3v) is 3.21. The molecule has 2 aromatic carbocycles. The van der Waals surface area contributed by atoms with Gasteiger partial charge in [0.2, 0.25) is 0 Å². The van der Waals surface area contributed by atoms with Gasteiger partial charge in [-0.3, -0.25) is 4.99 Å². The van der Waals surface area contributed by atoms with Gasteiger partial charge in [0.1, 0.15) is 5.82 Å². The number of nitrogens with zero attached hydrogens (tertiary/aromatic N) is 1. The van der Waals surface area contributed by atoms with Crippen LogP contribution in [0.25, 0.3) is 10.9 Å². The largest absolute Gasteiger partial charge is 0.361 e. The van der Waals surface area contributed by atoms with Crippen LogP contribution in [0.3, 0.4) is 0 Å². The zero-order valence-electron chi connectivity index (χ0n) is 9.90. The van der Waals surface area contributed by atoms with E-state index in [0.29, 0.717) is 10.6 Å². The number of hydrogen-bond donors (Lipinski definition) is 1. The minimum atomic E-state index is -0.378. The Hall–Kier alpha value is -2.13. The van der Waals surface area contributed by atoms with E-state index < -0.39 is 0 Å². The van der Waals surface area contributed by atoms with E-state index in [9.17, 15) is 4.39 Å². The lowest BCUT2D eigenvalue weighted by Crippen LogP contribution is -1.88. The van der Waals surface area contributed by atoms with Gasteiger partial charge in [-0.05, 0) is 35.7 Å². The molecule has 0 fully saturated rings. The highest BCUT2D eigenvalue weighted by atomic mass is 35.5. The first kappa shape index (κ1) is 11.9. The SMILES string of the molecule is Fc1cccc(Cl)c1C=Nc1ccc2cc[nH]c2c1. The number of aromatic amines is 1. The molecule has 3 rings (SSSR count). The highest BCUT2D eigenvalue weighted by Gasteiger charge is 2.03. The second-order valence-electron chi connectivity index (χ2n) is 4.14. The van der Waals surface area contributed by atoms with Crippen LogP contribution >= 0.6 is 11.6 Å². The third kappa shape index (κ3) is 2.37. The molecule has 2 nitrogen and oxygen atoms in total. The molecule has 0 radical (unpaired) electrons. The molecular weight excluding hydrogens is 263 g/mol. The van der Waals surface area contributed by atoms with E-state index in [1.165, 1.54) is 12.3 Å². The number of H-pyrrole nitrogens is 1. The summed E-state index contributed by atoms with van der Waals surface area (Å²) in [4.78, 5) is 7.37. The Labute approximate surface area is 114 Å². The summed E-state index contributed by atoms with van der Waals surface area (Å²) < 4.78 is 13.6. The quantitative estimate of drug-likeness (QED) is 0.655. The van der Waals surface area contributed by atoms with Gasteiger partial charge in [0, 0.05) is 23.5 Å². The van der Waals surface area contributed by atoms with Crippen molar-refractivity contribution in [3.63, 3.8) is 0 Å². The Balaban J connectivity index is 1.97. The van der Waals surface area contributed by atoms with Gasteiger partial charge >= 0.3 is 0 Å². The van der Waals surface area contributed by atoms with Crippen LogP contribution in [-0.4, -0.2) is 11.2 Å². The molecule has 0 aliphatic rings. The molecule has 1 aromatic heterocycles. The van der Waals surface area contributed by atoms with Crippen LogP contribution < -0.4 is 0 Å². The summed E-state index contributed by atoms with van der Waals surface area (Å²) in [6.45, 7) is 0. The Morgan fingerprint density at radius 1 is 1.16 bits per heavy atom. The van der Waals surface area contributed by atoms with Crippen LogP contribution in [0, 0.1) is 5.82 Å². The number of rotatable bonds is 2. The number of fused-ring (bicyclic) bond motifs is 1. The smallest absolute Gasteiger partial charge is 0.133 e. The van der Waals surface area contributed by atoms with E-state index >= 15 is 0 Å². The van der Waals surface area contributed by atoms with Crippen LogP contribution in [0.2, 0.25) is 5.02 Å². The first-order valence-electron chi connectivity index (χ1n) is 5.79. The summed E-state index contributed by atoms with van der Waals surface area (Å²) in [6, 6.07) is 12.3. The predicted octanol–water partition coefficient (Wildman–Crippen LogP) is 4.71. The van der Waals surface area contributed by atoms with Gasteiger partial charge < -0.3 is 4.98 Å². The molecule has 0 bridgehead atoms. The van der Waals surface area contributed by atoms with Crippen molar-refractivity contribution in [3.8, 4) is 0 Å². The van der Waals surface area contributed by atoms with Crippen molar-refractivity contribution in [3.05, 3.63) is 65.1 Å². The summed E-state index contributed by atoms with van der Waals surface area (Å²) >= 11 is 5.94. The van der Waals surface area contributed by atoms with Gasteiger partial charge in [0.05, 0.1) is 10.7 Å². The molecule has 1 heterocycles. The maximum absolute atomic E-state index is 13.6. The first-order chi connectivity index (χ1) is 9.24. The molecule has 0 unspecified atom stereocenters. The Kier molecular flexibility index (Phi) is 3.05. The molecule has 0 saturated carbocycles. The Morgan fingerprint density at radius 2 is 2.05 bits per heavy atom. The molecule has 4 heteroatoms. The predicted molar refractivity (Wildman–Crippen MR) is 77.0 cm³/mol. The molecule has 0 amide bonds. The standard InChI is InChI=1S/C15H10ClFN2/c16-13-2-1-3-14(17)12(13)9-19-11-5-4-10-6-7-18-15(10)8-11/h1-9,18H. The van der Waals surface area contributed by atoms with Crippen molar-refractivity contribution in [1.29, 1.82) is 0 Å². The molecule has 0 aliphatic carbocycles.